The number of benzene rings is 2. The predicted octanol–water partition coefficient (Wildman–Crippen LogP) is 2.18. The van der Waals surface area contributed by atoms with E-state index in [1.54, 1.807) is 18.2 Å². The zero-order chi connectivity index (χ0) is 20.2. The van der Waals surface area contributed by atoms with Crippen molar-refractivity contribution >= 4 is 39.2 Å². The van der Waals surface area contributed by atoms with E-state index in [9.17, 15) is 18.0 Å². The van der Waals surface area contributed by atoms with Gasteiger partial charge in [0, 0.05) is 10.7 Å². The van der Waals surface area contributed by atoms with E-state index in [1.807, 2.05) is 0 Å². The van der Waals surface area contributed by atoms with Gasteiger partial charge in [-0.2, -0.15) is 0 Å². The second kappa shape index (κ2) is 8.38. The summed E-state index contributed by atoms with van der Waals surface area (Å²) in [5, 5.41) is 8.06. The Balaban J connectivity index is 2.17. The van der Waals surface area contributed by atoms with Gasteiger partial charge in [-0.25, -0.2) is 18.4 Å². The molecule has 0 aliphatic rings. The van der Waals surface area contributed by atoms with Crippen molar-refractivity contribution in [3.63, 3.8) is 0 Å². The second-order valence-corrected chi connectivity index (χ2v) is 7.45. The first-order chi connectivity index (χ1) is 12.6. The minimum atomic E-state index is -4.03. The van der Waals surface area contributed by atoms with Gasteiger partial charge in [-0.05, 0) is 43.3 Å². The lowest BCUT2D eigenvalue weighted by molar-refractivity contribution is -0.123. The van der Waals surface area contributed by atoms with Crippen LogP contribution in [0.3, 0.4) is 0 Å². The first kappa shape index (κ1) is 20.7. The van der Waals surface area contributed by atoms with Gasteiger partial charge in [0.25, 0.3) is 5.91 Å². The Morgan fingerprint density at radius 2 is 1.89 bits per heavy atom. The third-order valence-electron chi connectivity index (χ3n) is 3.46. The molecule has 0 saturated heterocycles. The van der Waals surface area contributed by atoms with Crippen LogP contribution < -0.4 is 15.2 Å². The molecule has 8 nitrogen and oxygen atoms in total. The van der Waals surface area contributed by atoms with Crippen LogP contribution in [-0.4, -0.2) is 33.5 Å². The van der Waals surface area contributed by atoms with Crippen molar-refractivity contribution in [3.05, 3.63) is 53.1 Å². The molecule has 0 unspecified atom stereocenters. The number of hydrogen-bond donors (Lipinski definition) is 2. The van der Waals surface area contributed by atoms with Gasteiger partial charge in [-0.3, -0.25) is 4.79 Å². The number of anilines is 1. The zero-order valence-corrected chi connectivity index (χ0v) is 16.0. The van der Waals surface area contributed by atoms with E-state index in [4.69, 9.17) is 26.2 Å². The molecule has 0 bridgehead atoms. The van der Waals surface area contributed by atoms with Crippen LogP contribution in [0.25, 0.3) is 0 Å². The molecule has 1 atom stereocenters. The SMILES string of the molecule is COc1ccc(S(N)(=O)=O)cc1C(=O)O[C@@H](C)C(=O)Nc1cccc(Cl)c1. The molecule has 0 radical (unpaired) electrons. The maximum Gasteiger partial charge on any atom is 0.342 e. The molecule has 0 aromatic heterocycles. The molecule has 10 heteroatoms. The number of nitrogens with one attached hydrogen (secondary N) is 1. The molecule has 0 spiro atoms. The fourth-order valence-electron chi connectivity index (χ4n) is 2.11. The fraction of sp³-hybridized carbons (Fsp3) is 0.176. The molecule has 144 valence electrons. The average Bonchev–Trinajstić information content (AvgIpc) is 2.60. The molecular weight excluding hydrogens is 396 g/mol. The first-order valence-corrected chi connectivity index (χ1v) is 9.52. The van der Waals surface area contributed by atoms with Gasteiger partial charge in [0.1, 0.15) is 11.3 Å². The summed E-state index contributed by atoms with van der Waals surface area (Å²) in [6.45, 7) is 1.37. The van der Waals surface area contributed by atoms with Crippen molar-refractivity contribution in [1.29, 1.82) is 0 Å². The van der Waals surface area contributed by atoms with Gasteiger partial charge in [-0.1, -0.05) is 17.7 Å². The summed E-state index contributed by atoms with van der Waals surface area (Å²) in [6.07, 6.45) is -1.17. The molecule has 0 saturated carbocycles. The number of rotatable bonds is 6. The van der Waals surface area contributed by atoms with Crippen molar-refractivity contribution in [2.24, 2.45) is 5.14 Å². The summed E-state index contributed by atoms with van der Waals surface area (Å²) in [6, 6.07) is 9.94. The van der Waals surface area contributed by atoms with E-state index in [0.29, 0.717) is 10.7 Å². The molecule has 3 N–H and O–H groups in total. The molecule has 0 aliphatic carbocycles. The Morgan fingerprint density at radius 1 is 1.19 bits per heavy atom. The third kappa shape index (κ3) is 5.43. The summed E-state index contributed by atoms with van der Waals surface area (Å²) in [4.78, 5) is 24.3. The number of carbonyl (C=O) groups excluding carboxylic acids is 2. The average molecular weight is 413 g/mol. The summed E-state index contributed by atoms with van der Waals surface area (Å²) in [5.41, 5.74) is 0.260. The topological polar surface area (TPSA) is 125 Å². The molecule has 0 fully saturated rings. The largest absolute Gasteiger partial charge is 0.496 e. The number of esters is 1. The van der Waals surface area contributed by atoms with Gasteiger partial charge < -0.3 is 14.8 Å². The van der Waals surface area contributed by atoms with Crippen LogP contribution in [0, 0.1) is 0 Å². The lowest BCUT2D eigenvalue weighted by Crippen LogP contribution is -2.30. The van der Waals surface area contributed by atoms with Crippen molar-refractivity contribution < 1.29 is 27.5 Å². The predicted molar refractivity (Wildman–Crippen MR) is 99.3 cm³/mol. The van der Waals surface area contributed by atoms with Crippen LogP contribution >= 0.6 is 11.6 Å². The Morgan fingerprint density at radius 3 is 2.48 bits per heavy atom. The standard InChI is InChI=1S/C17H17ClN2O6S/c1-10(16(21)20-12-5-3-4-11(18)8-12)26-17(22)14-9-13(27(19,23)24)6-7-15(14)25-2/h3-10H,1-2H3,(H,20,21)(H2,19,23,24)/t10-/m0/s1. The van der Waals surface area contributed by atoms with Gasteiger partial charge in [0.05, 0.1) is 12.0 Å². The third-order valence-corrected chi connectivity index (χ3v) is 4.61. The molecule has 27 heavy (non-hydrogen) atoms. The second-order valence-electron chi connectivity index (χ2n) is 5.45. The highest BCUT2D eigenvalue weighted by molar-refractivity contribution is 7.89. The highest BCUT2D eigenvalue weighted by Crippen LogP contribution is 2.23. The molecular formula is C17H17ClN2O6S. The van der Waals surface area contributed by atoms with E-state index >= 15 is 0 Å². The Hall–Kier alpha value is -2.62. The highest BCUT2D eigenvalue weighted by Gasteiger charge is 2.23. The highest BCUT2D eigenvalue weighted by atomic mass is 35.5. The van der Waals surface area contributed by atoms with Crippen LogP contribution in [0.1, 0.15) is 17.3 Å². The smallest absolute Gasteiger partial charge is 0.342 e. The Bertz CT molecular complexity index is 977. The van der Waals surface area contributed by atoms with Gasteiger partial charge >= 0.3 is 5.97 Å². The minimum Gasteiger partial charge on any atom is -0.496 e. The lowest BCUT2D eigenvalue weighted by atomic mass is 10.2. The van der Waals surface area contributed by atoms with Crippen LogP contribution in [0.2, 0.25) is 5.02 Å². The van der Waals surface area contributed by atoms with E-state index < -0.39 is 28.0 Å². The summed E-state index contributed by atoms with van der Waals surface area (Å²) in [7, 11) is -2.72. The molecule has 1 amide bonds. The number of primary sulfonamides is 1. The van der Waals surface area contributed by atoms with Crippen LogP contribution in [-0.2, 0) is 19.6 Å². The van der Waals surface area contributed by atoms with E-state index in [2.05, 4.69) is 5.32 Å². The molecule has 2 rings (SSSR count). The number of halogens is 1. The van der Waals surface area contributed by atoms with E-state index in [-0.39, 0.29) is 16.2 Å². The quantitative estimate of drug-likeness (QED) is 0.700. The van der Waals surface area contributed by atoms with Crippen molar-refractivity contribution in [3.8, 4) is 5.75 Å². The molecule has 2 aromatic carbocycles. The van der Waals surface area contributed by atoms with Crippen LogP contribution in [0.15, 0.2) is 47.4 Å². The lowest BCUT2D eigenvalue weighted by Gasteiger charge is -2.15. The summed E-state index contributed by atoms with van der Waals surface area (Å²) < 4.78 is 33.1. The number of nitrogens with two attached hydrogens (primary N) is 1. The van der Waals surface area contributed by atoms with Gasteiger partial charge in [0.15, 0.2) is 6.10 Å². The molecule has 0 aliphatic heterocycles. The number of amides is 1. The van der Waals surface area contributed by atoms with Gasteiger partial charge in [-0.15, -0.1) is 0 Å². The Kier molecular flexibility index (Phi) is 6.42. The van der Waals surface area contributed by atoms with E-state index in [0.717, 1.165) is 6.07 Å². The van der Waals surface area contributed by atoms with Crippen molar-refractivity contribution in [2.45, 2.75) is 17.9 Å². The minimum absolute atomic E-state index is 0.0786. The van der Waals surface area contributed by atoms with Gasteiger partial charge in [0.2, 0.25) is 10.0 Å². The first-order valence-electron chi connectivity index (χ1n) is 7.60. The van der Waals surface area contributed by atoms with Crippen LogP contribution in [0.5, 0.6) is 5.75 Å². The number of methoxy groups -OCH3 is 1. The summed E-state index contributed by atoms with van der Waals surface area (Å²) in [5.74, 6) is -1.45. The van der Waals surface area contributed by atoms with Crippen LogP contribution in [0.4, 0.5) is 5.69 Å². The number of carbonyl (C=O) groups is 2. The van der Waals surface area contributed by atoms with E-state index in [1.165, 1.54) is 32.2 Å². The zero-order valence-electron chi connectivity index (χ0n) is 14.4. The number of sulfonamides is 1. The summed E-state index contributed by atoms with van der Waals surface area (Å²) >= 11 is 5.85. The molecule has 0 heterocycles. The normalized spacial score (nSPS) is 12.1. The van der Waals surface area contributed by atoms with Crippen molar-refractivity contribution in [2.75, 3.05) is 12.4 Å². The monoisotopic (exact) mass is 412 g/mol. The Labute approximate surface area is 161 Å². The molecule has 2 aromatic rings. The maximum absolute atomic E-state index is 12.4. The fourth-order valence-corrected chi connectivity index (χ4v) is 2.84. The maximum atomic E-state index is 12.4. The number of hydrogen-bond acceptors (Lipinski definition) is 6. The van der Waals surface area contributed by atoms with Crippen molar-refractivity contribution in [1.82, 2.24) is 0 Å². The number of ether oxygens (including phenoxy) is 2.